The summed E-state index contributed by atoms with van der Waals surface area (Å²) in [6.45, 7) is 4.47. The molecule has 3 amide bonds. The Morgan fingerprint density at radius 3 is 2.50 bits per heavy atom. The van der Waals surface area contributed by atoms with Gasteiger partial charge in [0.25, 0.3) is 5.91 Å². The van der Waals surface area contributed by atoms with E-state index in [4.69, 9.17) is 4.74 Å². The average molecular weight is 520 g/mol. The van der Waals surface area contributed by atoms with Crippen molar-refractivity contribution < 1.29 is 23.8 Å². The van der Waals surface area contributed by atoms with Gasteiger partial charge in [0.2, 0.25) is 0 Å². The minimum absolute atomic E-state index is 0.165. The molecule has 4 rings (SSSR count). The van der Waals surface area contributed by atoms with E-state index < -0.39 is 24.0 Å². The van der Waals surface area contributed by atoms with Gasteiger partial charge in [0.1, 0.15) is 5.82 Å². The van der Waals surface area contributed by atoms with Crippen LogP contribution in [0.15, 0.2) is 72.8 Å². The maximum atomic E-state index is 13.9. The Bertz CT molecular complexity index is 1280. The first kappa shape index (κ1) is 27.3. The number of fused-ring (bicyclic) bond motifs is 3. The Balaban J connectivity index is 1.65. The number of carbonyl (C=O) groups excluding carboxylic acids is 2. The molecule has 0 spiro atoms. The molecule has 8 heteroatoms. The summed E-state index contributed by atoms with van der Waals surface area (Å²) in [6.07, 6.45) is -0.422. The second-order valence-electron chi connectivity index (χ2n) is 9.84. The number of carbonyl (C=O) groups is 2. The monoisotopic (exact) mass is 519 g/mol. The predicted octanol–water partition coefficient (Wildman–Crippen LogP) is 5.01. The normalized spacial score (nSPS) is 18.6. The molecule has 1 aliphatic heterocycles. The number of benzene rings is 3. The van der Waals surface area contributed by atoms with E-state index in [0.29, 0.717) is 24.4 Å². The minimum Gasteiger partial charge on any atom is -0.394 e. The quantitative estimate of drug-likeness (QED) is 0.496. The van der Waals surface area contributed by atoms with E-state index in [1.165, 1.54) is 23.1 Å². The molecule has 3 aromatic rings. The Labute approximate surface area is 222 Å². The number of anilines is 1. The number of aliphatic hydroxyl groups is 1. The Morgan fingerprint density at radius 1 is 1.11 bits per heavy atom. The van der Waals surface area contributed by atoms with Crippen LogP contribution in [-0.4, -0.2) is 65.7 Å². The van der Waals surface area contributed by atoms with Gasteiger partial charge in [0.05, 0.1) is 25.4 Å². The van der Waals surface area contributed by atoms with E-state index >= 15 is 0 Å². The van der Waals surface area contributed by atoms with Gasteiger partial charge in [-0.1, -0.05) is 55.5 Å². The van der Waals surface area contributed by atoms with Crippen molar-refractivity contribution in [3.05, 3.63) is 89.7 Å². The lowest BCUT2D eigenvalue weighted by atomic mass is 9.94. The lowest BCUT2D eigenvalue weighted by molar-refractivity contribution is -0.0178. The summed E-state index contributed by atoms with van der Waals surface area (Å²) in [5, 5.41) is 12.7. The molecule has 0 bridgehead atoms. The molecule has 3 atom stereocenters. The van der Waals surface area contributed by atoms with Crippen molar-refractivity contribution in [1.29, 1.82) is 0 Å². The fourth-order valence-corrected chi connectivity index (χ4v) is 4.69. The van der Waals surface area contributed by atoms with Crippen LogP contribution in [0.5, 0.6) is 0 Å². The molecule has 2 N–H and O–H groups in total. The molecule has 38 heavy (non-hydrogen) atoms. The standard InChI is InChI=1S/C30H34FN3O4/c1-20-16-34(21(2)18-35)29(36)27-14-7-6-13-26(27)25-12-5-4-9-22(25)19-38-28(20)17-33(3)30(37)32-24-11-8-10-23(31)15-24/h4-15,20-21,28,35H,16-19H2,1-3H3,(H,32,37)/t20-,21-,28-/m0/s1. The van der Waals surface area contributed by atoms with Crippen LogP contribution in [0.4, 0.5) is 14.9 Å². The minimum atomic E-state index is -0.437. The number of halogens is 1. The molecule has 0 saturated carbocycles. The fraction of sp³-hybridized carbons (Fsp3) is 0.333. The Morgan fingerprint density at radius 2 is 1.79 bits per heavy atom. The molecule has 1 heterocycles. The number of aliphatic hydroxyl groups excluding tert-OH is 1. The van der Waals surface area contributed by atoms with Crippen molar-refractivity contribution in [2.45, 2.75) is 32.6 Å². The zero-order valence-electron chi connectivity index (χ0n) is 21.9. The van der Waals surface area contributed by atoms with Gasteiger partial charge in [-0.25, -0.2) is 9.18 Å². The number of likely N-dealkylation sites (N-methyl/N-ethyl adjacent to an activating group) is 1. The van der Waals surface area contributed by atoms with Crippen molar-refractivity contribution in [3.63, 3.8) is 0 Å². The lowest BCUT2D eigenvalue weighted by Gasteiger charge is -2.35. The average Bonchev–Trinajstić information content (AvgIpc) is 2.94. The van der Waals surface area contributed by atoms with Crippen molar-refractivity contribution >= 4 is 17.6 Å². The van der Waals surface area contributed by atoms with Crippen LogP contribution < -0.4 is 5.32 Å². The maximum Gasteiger partial charge on any atom is 0.321 e. The molecule has 200 valence electrons. The highest BCUT2D eigenvalue weighted by Gasteiger charge is 2.31. The molecular weight excluding hydrogens is 485 g/mol. The Hall–Kier alpha value is -3.75. The van der Waals surface area contributed by atoms with Crippen LogP contribution in [0.2, 0.25) is 0 Å². The highest BCUT2D eigenvalue weighted by molar-refractivity contribution is 6.01. The number of nitrogens with zero attached hydrogens (tertiary/aromatic N) is 2. The molecule has 0 fully saturated rings. The highest BCUT2D eigenvalue weighted by Crippen LogP contribution is 2.31. The smallest absolute Gasteiger partial charge is 0.321 e. The topological polar surface area (TPSA) is 82.1 Å². The second kappa shape index (κ2) is 12.2. The molecule has 0 aromatic heterocycles. The number of urea groups is 1. The van der Waals surface area contributed by atoms with E-state index in [9.17, 15) is 19.1 Å². The summed E-state index contributed by atoms with van der Waals surface area (Å²) in [5.74, 6) is -0.773. The SMILES string of the molecule is C[C@H]1CN([C@@H](C)CO)C(=O)c2ccccc2-c2ccccc2CO[C@H]1CN(C)C(=O)Nc1cccc(F)c1. The van der Waals surface area contributed by atoms with Crippen molar-refractivity contribution in [2.24, 2.45) is 5.92 Å². The maximum absolute atomic E-state index is 13.9. The molecule has 0 aliphatic carbocycles. The van der Waals surface area contributed by atoms with E-state index in [2.05, 4.69) is 5.32 Å². The van der Waals surface area contributed by atoms with Crippen molar-refractivity contribution in [3.8, 4) is 11.1 Å². The number of rotatable bonds is 5. The van der Waals surface area contributed by atoms with Crippen LogP contribution in [0.1, 0.15) is 29.8 Å². The first-order valence-corrected chi connectivity index (χ1v) is 12.8. The first-order valence-electron chi connectivity index (χ1n) is 12.8. The van der Waals surface area contributed by atoms with Crippen LogP contribution >= 0.6 is 0 Å². The number of ether oxygens (including phenoxy) is 1. The number of amides is 3. The van der Waals surface area contributed by atoms with E-state index in [1.807, 2.05) is 62.4 Å². The number of nitrogens with one attached hydrogen (secondary N) is 1. The molecule has 1 aliphatic rings. The van der Waals surface area contributed by atoms with E-state index in [-0.39, 0.29) is 25.0 Å². The third kappa shape index (κ3) is 6.20. The molecular formula is C30H34FN3O4. The summed E-state index contributed by atoms with van der Waals surface area (Å²) < 4.78 is 20.0. The molecule has 7 nitrogen and oxygen atoms in total. The summed E-state index contributed by atoms with van der Waals surface area (Å²) in [5.41, 5.74) is 3.57. The zero-order valence-corrected chi connectivity index (χ0v) is 21.9. The summed E-state index contributed by atoms with van der Waals surface area (Å²) in [6, 6.07) is 20.2. The molecule has 0 radical (unpaired) electrons. The molecule has 3 aromatic carbocycles. The van der Waals surface area contributed by atoms with Crippen molar-refractivity contribution in [1.82, 2.24) is 9.80 Å². The fourth-order valence-electron chi connectivity index (χ4n) is 4.69. The largest absolute Gasteiger partial charge is 0.394 e. The van der Waals surface area contributed by atoms with Crippen LogP contribution in [0.3, 0.4) is 0 Å². The number of hydrogen-bond acceptors (Lipinski definition) is 4. The van der Waals surface area contributed by atoms with Gasteiger partial charge in [-0.05, 0) is 47.9 Å². The van der Waals surface area contributed by atoms with Gasteiger partial charge >= 0.3 is 6.03 Å². The van der Waals surface area contributed by atoms with Crippen LogP contribution in [-0.2, 0) is 11.3 Å². The third-order valence-electron chi connectivity index (χ3n) is 6.97. The lowest BCUT2D eigenvalue weighted by Crippen LogP contribution is -2.48. The third-order valence-corrected chi connectivity index (χ3v) is 6.97. The van der Waals surface area contributed by atoms with Gasteiger partial charge in [0, 0.05) is 37.3 Å². The highest BCUT2D eigenvalue weighted by atomic mass is 19.1. The first-order chi connectivity index (χ1) is 18.3. The number of hydrogen-bond donors (Lipinski definition) is 2. The Kier molecular flexibility index (Phi) is 8.76. The van der Waals surface area contributed by atoms with Gasteiger partial charge in [-0.2, -0.15) is 0 Å². The molecule has 0 saturated heterocycles. The van der Waals surface area contributed by atoms with E-state index in [0.717, 1.165) is 16.7 Å². The van der Waals surface area contributed by atoms with Gasteiger partial charge in [-0.15, -0.1) is 0 Å². The molecule has 0 unspecified atom stereocenters. The second-order valence-corrected chi connectivity index (χ2v) is 9.84. The van der Waals surface area contributed by atoms with Crippen molar-refractivity contribution in [2.75, 3.05) is 32.1 Å². The van der Waals surface area contributed by atoms with Gasteiger partial charge in [0.15, 0.2) is 0 Å². The van der Waals surface area contributed by atoms with E-state index in [1.54, 1.807) is 18.0 Å². The van der Waals surface area contributed by atoms with Crippen LogP contribution in [0.25, 0.3) is 11.1 Å². The predicted molar refractivity (Wildman–Crippen MR) is 145 cm³/mol. The zero-order chi connectivity index (χ0) is 27.2. The summed E-state index contributed by atoms with van der Waals surface area (Å²) >= 11 is 0. The van der Waals surface area contributed by atoms with Gasteiger partial charge in [-0.3, -0.25) is 4.79 Å². The summed E-state index contributed by atoms with van der Waals surface area (Å²) in [7, 11) is 1.65. The van der Waals surface area contributed by atoms with Gasteiger partial charge < -0.3 is 25.0 Å². The van der Waals surface area contributed by atoms with Crippen LogP contribution in [0, 0.1) is 11.7 Å². The summed E-state index contributed by atoms with van der Waals surface area (Å²) in [4.78, 5) is 29.9.